The number of amides is 1. The van der Waals surface area contributed by atoms with Gasteiger partial charge in [0.2, 0.25) is 5.82 Å². The van der Waals surface area contributed by atoms with Crippen LogP contribution in [0.4, 0.5) is 0 Å². The van der Waals surface area contributed by atoms with Gasteiger partial charge in [0.1, 0.15) is 11.2 Å². The minimum atomic E-state index is -0.500. The highest BCUT2D eigenvalue weighted by molar-refractivity contribution is 7.19. The van der Waals surface area contributed by atoms with Crippen LogP contribution in [0.3, 0.4) is 0 Å². The summed E-state index contributed by atoms with van der Waals surface area (Å²) in [6.07, 6.45) is 4.41. The molecule has 0 atom stereocenters. The van der Waals surface area contributed by atoms with Crippen molar-refractivity contribution in [2.24, 2.45) is 0 Å². The van der Waals surface area contributed by atoms with Crippen LogP contribution >= 0.6 is 11.3 Å². The summed E-state index contributed by atoms with van der Waals surface area (Å²) in [5, 5.41) is 8.00. The molecule has 9 heteroatoms. The van der Waals surface area contributed by atoms with Gasteiger partial charge < -0.3 is 14.8 Å². The molecule has 3 aromatic rings. The number of carbonyl (C=O) groups is 1. The summed E-state index contributed by atoms with van der Waals surface area (Å²) in [5.74, 6) is -0.244. The number of hydrogen-bond donors (Lipinski definition) is 1. The summed E-state index contributed by atoms with van der Waals surface area (Å²) in [6.45, 7) is 0.225. The number of hydrogen-bond acceptors (Lipinski definition) is 7. The predicted molar refractivity (Wildman–Crippen MR) is 88.3 cm³/mol. The van der Waals surface area contributed by atoms with E-state index in [1.807, 2.05) is 0 Å². The van der Waals surface area contributed by atoms with Gasteiger partial charge in [0.05, 0.1) is 11.9 Å². The summed E-state index contributed by atoms with van der Waals surface area (Å²) >= 11 is 1.71. The van der Waals surface area contributed by atoms with Gasteiger partial charge in [-0.05, 0) is 24.8 Å². The lowest BCUT2D eigenvalue weighted by Crippen LogP contribution is -2.34. The molecule has 0 saturated carbocycles. The van der Waals surface area contributed by atoms with Crippen LogP contribution in [0.5, 0.6) is 0 Å². The van der Waals surface area contributed by atoms with Crippen LogP contribution in [0.2, 0.25) is 0 Å². The minimum Gasteiger partial charge on any atom is -0.354 e. The monoisotopic (exact) mass is 347 g/mol. The molecule has 0 aliphatic heterocycles. The highest BCUT2D eigenvalue weighted by Gasteiger charge is 2.23. The van der Waals surface area contributed by atoms with Crippen LogP contribution in [0.25, 0.3) is 15.9 Å². The second-order valence-electron chi connectivity index (χ2n) is 5.60. The van der Waals surface area contributed by atoms with Gasteiger partial charge in [-0.3, -0.25) is 4.79 Å². The third kappa shape index (κ3) is 2.45. The first kappa shape index (κ1) is 15.4. The van der Waals surface area contributed by atoms with Crippen LogP contribution < -0.4 is 5.32 Å². The lowest BCUT2D eigenvalue weighted by Gasteiger charge is -2.12. The molecule has 126 valence electrons. The third-order valence-electron chi connectivity index (χ3n) is 4.20. The normalized spacial score (nSPS) is 14.0. The van der Waals surface area contributed by atoms with Crippen molar-refractivity contribution in [3.05, 3.63) is 22.6 Å². The van der Waals surface area contributed by atoms with Crippen LogP contribution in [0, 0.1) is 0 Å². The van der Waals surface area contributed by atoms with Gasteiger partial charge in [-0.1, -0.05) is 0 Å². The fourth-order valence-corrected chi connectivity index (χ4v) is 4.23. The number of aromatic nitrogens is 4. The zero-order valence-electron chi connectivity index (χ0n) is 13.4. The zero-order chi connectivity index (χ0) is 16.7. The quantitative estimate of drug-likeness (QED) is 0.697. The van der Waals surface area contributed by atoms with Gasteiger partial charge in [-0.2, -0.15) is 0 Å². The van der Waals surface area contributed by atoms with Crippen molar-refractivity contribution in [2.45, 2.75) is 25.6 Å². The molecular formula is C15H17N5O3S. The highest BCUT2D eigenvalue weighted by Crippen LogP contribution is 2.37. The summed E-state index contributed by atoms with van der Waals surface area (Å²) in [6, 6.07) is 0. The number of methoxy groups -OCH3 is 2. The van der Waals surface area contributed by atoms with Gasteiger partial charge in [0, 0.05) is 19.1 Å². The average Bonchev–Trinajstić information content (AvgIpc) is 3.28. The smallest absolute Gasteiger partial charge is 0.291 e. The molecule has 1 aliphatic rings. The molecule has 0 bridgehead atoms. The number of ether oxygens (including phenoxy) is 2. The van der Waals surface area contributed by atoms with Crippen LogP contribution in [0.1, 0.15) is 27.5 Å². The van der Waals surface area contributed by atoms with E-state index in [4.69, 9.17) is 9.47 Å². The highest BCUT2D eigenvalue weighted by atomic mass is 32.1. The first-order chi connectivity index (χ1) is 11.7. The van der Waals surface area contributed by atoms with Crippen molar-refractivity contribution < 1.29 is 14.3 Å². The maximum Gasteiger partial charge on any atom is 0.291 e. The predicted octanol–water partition coefficient (Wildman–Crippen LogP) is 1.18. The summed E-state index contributed by atoms with van der Waals surface area (Å²) in [4.78, 5) is 23.5. The van der Waals surface area contributed by atoms with Gasteiger partial charge in [0.25, 0.3) is 5.91 Å². The molecular weight excluding hydrogens is 330 g/mol. The first-order valence-corrected chi connectivity index (χ1v) is 8.52. The summed E-state index contributed by atoms with van der Waals surface area (Å²) in [7, 11) is 3.03. The topological polar surface area (TPSA) is 90.6 Å². The molecule has 3 heterocycles. The molecule has 0 spiro atoms. The second kappa shape index (κ2) is 6.08. The van der Waals surface area contributed by atoms with Gasteiger partial charge in [-0.15, -0.1) is 16.4 Å². The van der Waals surface area contributed by atoms with Gasteiger partial charge in [0.15, 0.2) is 11.9 Å². The van der Waals surface area contributed by atoms with E-state index in [2.05, 4.69) is 20.4 Å². The largest absolute Gasteiger partial charge is 0.354 e. The standard InChI is InChI=1S/C15H17N5O3S/c1-22-10(23-2)6-16-14(21)12-18-13-11-8-4-3-5-9(8)24-15(11)17-7-20(13)19-12/h7,10H,3-6H2,1-2H3,(H,16,21). The molecule has 0 unspecified atom stereocenters. The number of fused-ring (bicyclic) bond motifs is 5. The number of aryl methyl sites for hydroxylation is 2. The lowest BCUT2D eigenvalue weighted by molar-refractivity contribution is -0.0974. The zero-order valence-corrected chi connectivity index (χ0v) is 14.2. The maximum atomic E-state index is 12.3. The van der Waals surface area contributed by atoms with E-state index in [1.165, 1.54) is 24.7 Å². The van der Waals surface area contributed by atoms with Crippen LogP contribution in [0.15, 0.2) is 6.33 Å². The fraction of sp³-hybridized carbons (Fsp3) is 0.467. The van der Waals surface area contributed by atoms with Gasteiger partial charge in [-0.25, -0.2) is 14.5 Å². The third-order valence-corrected chi connectivity index (χ3v) is 5.40. The van der Waals surface area contributed by atoms with Crippen LogP contribution in [-0.2, 0) is 22.3 Å². The molecule has 1 N–H and O–H groups in total. The summed E-state index contributed by atoms with van der Waals surface area (Å²) in [5.41, 5.74) is 2.01. The van der Waals surface area contributed by atoms with E-state index < -0.39 is 6.29 Å². The van der Waals surface area contributed by atoms with Crippen molar-refractivity contribution in [2.75, 3.05) is 20.8 Å². The Balaban J connectivity index is 1.68. The molecule has 0 fully saturated rings. The Hall–Kier alpha value is -2.10. The number of carbonyl (C=O) groups excluding carboxylic acids is 1. The number of thiophene rings is 1. The maximum absolute atomic E-state index is 12.3. The van der Waals surface area contributed by atoms with E-state index in [0.29, 0.717) is 5.65 Å². The van der Waals surface area contributed by atoms with Crippen molar-refractivity contribution in [3.8, 4) is 0 Å². The van der Waals surface area contributed by atoms with E-state index in [0.717, 1.165) is 29.5 Å². The van der Waals surface area contributed by atoms with Crippen molar-refractivity contribution >= 4 is 33.1 Å². The van der Waals surface area contributed by atoms with Crippen molar-refractivity contribution in [1.29, 1.82) is 0 Å². The number of nitrogens with zero attached hydrogens (tertiary/aromatic N) is 4. The summed E-state index contributed by atoms with van der Waals surface area (Å²) < 4.78 is 11.7. The van der Waals surface area contributed by atoms with E-state index in [-0.39, 0.29) is 18.3 Å². The van der Waals surface area contributed by atoms with E-state index in [9.17, 15) is 4.79 Å². The minimum absolute atomic E-state index is 0.119. The molecule has 0 saturated heterocycles. The van der Waals surface area contributed by atoms with Crippen LogP contribution in [-0.4, -0.2) is 52.5 Å². The Morgan fingerprint density at radius 1 is 1.42 bits per heavy atom. The Bertz CT molecular complexity index is 915. The van der Waals surface area contributed by atoms with E-state index >= 15 is 0 Å². The van der Waals surface area contributed by atoms with Gasteiger partial charge >= 0.3 is 0 Å². The molecule has 1 amide bonds. The molecule has 1 aliphatic carbocycles. The van der Waals surface area contributed by atoms with E-state index in [1.54, 1.807) is 22.2 Å². The lowest BCUT2D eigenvalue weighted by atomic mass is 10.2. The average molecular weight is 347 g/mol. The Labute approximate surface area is 141 Å². The molecule has 8 nitrogen and oxygen atoms in total. The molecule has 3 aromatic heterocycles. The SMILES string of the molecule is COC(CNC(=O)c1nc2c3c4c(sc3ncn2n1)CCC4)OC. The number of rotatable bonds is 5. The molecule has 4 rings (SSSR count). The Kier molecular flexibility index (Phi) is 3.91. The first-order valence-electron chi connectivity index (χ1n) is 7.70. The second-order valence-corrected chi connectivity index (χ2v) is 6.68. The van der Waals surface area contributed by atoms with Crippen molar-refractivity contribution in [3.63, 3.8) is 0 Å². The van der Waals surface area contributed by atoms with Crippen molar-refractivity contribution in [1.82, 2.24) is 24.9 Å². The molecule has 0 radical (unpaired) electrons. The fourth-order valence-electron chi connectivity index (χ4n) is 3.01. The number of nitrogens with one attached hydrogen (secondary N) is 1. The Morgan fingerprint density at radius 2 is 2.25 bits per heavy atom. The Morgan fingerprint density at radius 3 is 3.04 bits per heavy atom. The molecule has 24 heavy (non-hydrogen) atoms. The molecule has 0 aromatic carbocycles.